The van der Waals surface area contributed by atoms with Gasteiger partial charge in [0.25, 0.3) is 0 Å². The van der Waals surface area contributed by atoms with Gasteiger partial charge < -0.3 is 10.2 Å². The number of hydrogen-bond donors (Lipinski definition) is 1. The fourth-order valence-corrected chi connectivity index (χ4v) is 4.10. The molecule has 4 aromatic rings. The van der Waals surface area contributed by atoms with E-state index in [1.165, 1.54) is 0 Å². The van der Waals surface area contributed by atoms with Crippen molar-refractivity contribution in [2.24, 2.45) is 5.92 Å². The summed E-state index contributed by atoms with van der Waals surface area (Å²) in [5, 5.41) is 4.12. The van der Waals surface area contributed by atoms with Gasteiger partial charge in [0.15, 0.2) is 0 Å². The molecule has 2 aromatic heterocycles. The summed E-state index contributed by atoms with van der Waals surface area (Å²) in [6.07, 6.45) is 4.94. The minimum absolute atomic E-state index is 0.0225. The molecule has 2 aromatic carbocycles. The van der Waals surface area contributed by atoms with Crippen LogP contribution < -0.4 is 10.2 Å². The van der Waals surface area contributed by atoms with Gasteiger partial charge in [0.2, 0.25) is 5.91 Å². The standard InChI is InChI=1S/C25H23N5O/c31-25(29-21-10-4-8-19-9-5-13-26-24(19)21)20-11-14-30(15-12-20)23-16-22(27-17-28-23)18-6-2-1-3-7-18/h1-10,13,16-17,20H,11-12,14-15H2,(H,29,31). The first kappa shape index (κ1) is 19.2. The van der Waals surface area contributed by atoms with E-state index in [4.69, 9.17) is 0 Å². The van der Waals surface area contributed by atoms with Gasteiger partial charge in [-0.05, 0) is 25.0 Å². The number of benzene rings is 2. The van der Waals surface area contributed by atoms with E-state index in [0.717, 1.165) is 59.6 Å². The van der Waals surface area contributed by atoms with Crippen LogP contribution >= 0.6 is 0 Å². The second-order valence-electron chi connectivity index (χ2n) is 7.76. The maximum absolute atomic E-state index is 12.9. The van der Waals surface area contributed by atoms with Crippen LogP contribution in [0.1, 0.15) is 12.8 Å². The van der Waals surface area contributed by atoms with Crippen molar-refractivity contribution in [3.63, 3.8) is 0 Å². The molecule has 154 valence electrons. The van der Waals surface area contributed by atoms with Crippen LogP contribution in [0.3, 0.4) is 0 Å². The molecule has 1 aliphatic heterocycles. The van der Waals surface area contributed by atoms with Gasteiger partial charge in [-0.25, -0.2) is 9.97 Å². The number of nitrogens with zero attached hydrogens (tertiary/aromatic N) is 4. The molecule has 0 radical (unpaired) electrons. The molecule has 1 amide bonds. The third kappa shape index (κ3) is 4.10. The zero-order chi connectivity index (χ0) is 21.0. The van der Waals surface area contributed by atoms with Gasteiger partial charge in [-0.15, -0.1) is 0 Å². The van der Waals surface area contributed by atoms with Crippen LogP contribution in [0, 0.1) is 5.92 Å². The Bertz CT molecular complexity index is 1200. The van der Waals surface area contributed by atoms with Crippen LogP contribution in [-0.2, 0) is 4.79 Å². The molecule has 0 unspecified atom stereocenters. The van der Waals surface area contributed by atoms with Gasteiger partial charge in [0.1, 0.15) is 12.1 Å². The maximum atomic E-state index is 12.9. The van der Waals surface area contributed by atoms with Gasteiger partial charge in [0, 0.05) is 42.2 Å². The number of carbonyl (C=O) groups is 1. The summed E-state index contributed by atoms with van der Waals surface area (Å²) in [4.78, 5) is 28.4. The largest absolute Gasteiger partial charge is 0.356 e. The molecule has 6 heteroatoms. The van der Waals surface area contributed by atoms with E-state index >= 15 is 0 Å². The molecule has 3 heterocycles. The highest BCUT2D eigenvalue weighted by Gasteiger charge is 2.26. The third-order valence-corrected chi connectivity index (χ3v) is 5.80. The second-order valence-corrected chi connectivity index (χ2v) is 7.76. The molecular weight excluding hydrogens is 386 g/mol. The first-order valence-electron chi connectivity index (χ1n) is 10.5. The van der Waals surface area contributed by atoms with E-state index in [1.807, 2.05) is 66.7 Å². The van der Waals surface area contributed by atoms with Crippen molar-refractivity contribution in [3.05, 3.63) is 79.3 Å². The van der Waals surface area contributed by atoms with Crippen LogP contribution in [0.4, 0.5) is 11.5 Å². The zero-order valence-electron chi connectivity index (χ0n) is 17.1. The lowest BCUT2D eigenvalue weighted by Crippen LogP contribution is -2.38. The molecular formula is C25H23N5O. The molecule has 1 saturated heterocycles. The summed E-state index contributed by atoms with van der Waals surface area (Å²) in [6.45, 7) is 1.58. The first-order valence-corrected chi connectivity index (χ1v) is 10.5. The number of rotatable bonds is 4. The Hall–Kier alpha value is -3.80. The van der Waals surface area contributed by atoms with E-state index in [1.54, 1.807) is 12.5 Å². The number of carbonyl (C=O) groups excluding carboxylic acids is 1. The van der Waals surface area contributed by atoms with Crippen molar-refractivity contribution in [2.45, 2.75) is 12.8 Å². The highest BCUT2D eigenvalue weighted by atomic mass is 16.1. The molecule has 0 aliphatic carbocycles. The minimum Gasteiger partial charge on any atom is -0.356 e. The highest BCUT2D eigenvalue weighted by molar-refractivity contribution is 6.01. The highest BCUT2D eigenvalue weighted by Crippen LogP contribution is 2.27. The van der Waals surface area contributed by atoms with E-state index in [-0.39, 0.29) is 11.8 Å². The SMILES string of the molecule is O=C(Nc1cccc2cccnc12)C1CCN(c2cc(-c3ccccc3)ncn2)CC1. The molecule has 31 heavy (non-hydrogen) atoms. The molecule has 5 rings (SSSR count). The monoisotopic (exact) mass is 409 g/mol. The van der Waals surface area contributed by atoms with Crippen LogP contribution in [0.15, 0.2) is 79.3 Å². The van der Waals surface area contributed by atoms with Crippen molar-refractivity contribution in [3.8, 4) is 11.3 Å². The maximum Gasteiger partial charge on any atom is 0.227 e. The molecule has 6 nitrogen and oxygen atoms in total. The average Bonchev–Trinajstić information content (AvgIpc) is 2.85. The predicted molar refractivity (Wildman–Crippen MR) is 123 cm³/mol. The van der Waals surface area contributed by atoms with Crippen LogP contribution in [0.2, 0.25) is 0 Å². The molecule has 1 fully saturated rings. The van der Waals surface area contributed by atoms with E-state index in [9.17, 15) is 4.79 Å². The van der Waals surface area contributed by atoms with E-state index < -0.39 is 0 Å². The second kappa shape index (κ2) is 8.52. The van der Waals surface area contributed by atoms with Gasteiger partial charge >= 0.3 is 0 Å². The lowest BCUT2D eigenvalue weighted by molar-refractivity contribution is -0.120. The van der Waals surface area contributed by atoms with E-state index in [0.29, 0.717) is 0 Å². The fourth-order valence-electron chi connectivity index (χ4n) is 4.10. The Kier molecular flexibility index (Phi) is 5.27. The van der Waals surface area contributed by atoms with E-state index in [2.05, 4.69) is 25.2 Å². The summed E-state index contributed by atoms with van der Waals surface area (Å²) >= 11 is 0. The molecule has 0 bridgehead atoms. The Morgan fingerprint density at radius 1 is 0.903 bits per heavy atom. The summed E-state index contributed by atoms with van der Waals surface area (Å²) in [5.41, 5.74) is 3.58. The molecule has 1 aliphatic rings. The van der Waals surface area contributed by atoms with Crippen LogP contribution in [0.25, 0.3) is 22.2 Å². The van der Waals surface area contributed by atoms with Crippen molar-refractivity contribution in [1.82, 2.24) is 15.0 Å². The summed E-state index contributed by atoms with van der Waals surface area (Å²) < 4.78 is 0. The zero-order valence-corrected chi connectivity index (χ0v) is 17.1. The Morgan fingerprint density at radius 3 is 2.55 bits per heavy atom. The smallest absolute Gasteiger partial charge is 0.227 e. The summed E-state index contributed by atoms with van der Waals surface area (Å²) in [5.74, 6) is 0.946. The van der Waals surface area contributed by atoms with Gasteiger partial charge in [-0.3, -0.25) is 9.78 Å². The number of para-hydroxylation sites is 1. The van der Waals surface area contributed by atoms with Crippen LogP contribution in [0.5, 0.6) is 0 Å². The van der Waals surface area contributed by atoms with Crippen LogP contribution in [-0.4, -0.2) is 33.9 Å². The molecule has 0 spiro atoms. The quantitative estimate of drug-likeness (QED) is 0.536. The number of anilines is 2. The number of nitrogens with one attached hydrogen (secondary N) is 1. The Morgan fingerprint density at radius 2 is 1.71 bits per heavy atom. The Balaban J connectivity index is 1.25. The number of aromatic nitrogens is 3. The normalized spacial score (nSPS) is 14.5. The lowest BCUT2D eigenvalue weighted by Gasteiger charge is -2.32. The van der Waals surface area contributed by atoms with Gasteiger partial charge in [-0.1, -0.05) is 48.5 Å². The number of piperidine rings is 1. The average molecular weight is 409 g/mol. The minimum atomic E-state index is -0.0225. The fraction of sp³-hybridized carbons (Fsp3) is 0.200. The number of hydrogen-bond acceptors (Lipinski definition) is 5. The summed E-state index contributed by atoms with van der Waals surface area (Å²) in [6, 6.07) is 21.9. The molecule has 0 saturated carbocycles. The van der Waals surface area contributed by atoms with Crippen molar-refractivity contribution >= 4 is 28.3 Å². The van der Waals surface area contributed by atoms with Crippen molar-refractivity contribution < 1.29 is 4.79 Å². The number of fused-ring (bicyclic) bond motifs is 1. The van der Waals surface area contributed by atoms with Crippen molar-refractivity contribution in [1.29, 1.82) is 0 Å². The lowest BCUT2D eigenvalue weighted by atomic mass is 9.95. The Labute approximate surface area is 181 Å². The topological polar surface area (TPSA) is 71.0 Å². The molecule has 1 N–H and O–H groups in total. The predicted octanol–water partition coefficient (Wildman–Crippen LogP) is 4.55. The molecule has 0 atom stereocenters. The van der Waals surface area contributed by atoms with Gasteiger partial charge in [0.05, 0.1) is 16.9 Å². The van der Waals surface area contributed by atoms with Gasteiger partial charge in [-0.2, -0.15) is 0 Å². The third-order valence-electron chi connectivity index (χ3n) is 5.80. The number of pyridine rings is 1. The summed E-state index contributed by atoms with van der Waals surface area (Å²) in [7, 11) is 0. The number of amides is 1. The first-order chi connectivity index (χ1) is 15.3. The van der Waals surface area contributed by atoms with Crippen molar-refractivity contribution in [2.75, 3.05) is 23.3 Å².